The summed E-state index contributed by atoms with van der Waals surface area (Å²) in [5, 5.41) is 1.45. The molecule has 1 aliphatic rings. The van der Waals surface area contributed by atoms with E-state index in [9.17, 15) is 4.79 Å². The number of quaternary nitrogens is 1. The summed E-state index contributed by atoms with van der Waals surface area (Å²) < 4.78 is 0. The van der Waals surface area contributed by atoms with Crippen LogP contribution in [0.2, 0.25) is 0 Å². The molecule has 0 radical (unpaired) electrons. The second kappa shape index (κ2) is 2.97. The molecule has 0 spiro atoms. The predicted molar refractivity (Wildman–Crippen MR) is 34.2 cm³/mol. The van der Waals surface area contributed by atoms with Crippen LogP contribution in [0.3, 0.4) is 0 Å². The lowest BCUT2D eigenvalue weighted by molar-refractivity contribution is -0.510. The fourth-order valence-corrected chi connectivity index (χ4v) is 1.38. The Balaban J connectivity index is 2.32. The maximum absolute atomic E-state index is 10.9. The Labute approximate surface area is 55.6 Å². The molecular weight excluding hydrogens is 114 g/mol. The highest BCUT2D eigenvalue weighted by Gasteiger charge is 2.22. The number of nitrogens with two attached hydrogens (primary N) is 1. The van der Waals surface area contributed by atoms with Crippen LogP contribution in [0.15, 0.2) is 0 Å². The van der Waals surface area contributed by atoms with E-state index in [0.29, 0.717) is 5.92 Å². The summed E-state index contributed by atoms with van der Waals surface area (Å²) in [5.74, 6) is 0.565. The Bertz CT molecular complexity index is 105. The van der Waals surface area contributed by atoms with Gasteiger partial charge in [0.15, 0.2) is 0 Å². The van der Waals surface area contributed by atoms with Gasteiger partial charge in [-0.15, -0.1) is 7.05 Å². The van der Waals surface area contributed by atoms with Crippen molar-refractivity contribution in [1.82, 2.24) is 0 Å². The molecule has 52 valence electrons. The van der Waals surface area contributed by atoms with Gasteiger partial charge in [-0.05, 0) is 12.8 Å². The lowest BCUT2D eigenvalue weighted by Gasteiger charge is -2.03. The van der Waals surface area contributed by atoms with Crippen LogP contribution in [-0.2, 0) is 4.79 Å². The van der Waals surface area contributed by atoms with Crippen molar-refractivity contribution in [2.75, 3.05) is 0 Å². The monoisotopic (exact) mass is 127 g/mol. The zero-order valence-electron chi connectivity index (χ0n) is 5.60. The van der Waals surface area contributed by atoms with Gasteiger partial charge in [0.05, 0.1) is 5.92 Å². The molecule has 2 N–H and O–H groups in total. The van der Waals surface area contributed by atoms with Crippen molar-refractivity contribution >= 4 is 5.91 Å². The summed E-state index contributed by atoms with van der Waals surface area (Å²) >= 11 is 0. The molecule has 2 nitrogen and oxygen atoms in total. The van der Waals surface area contributed by atoms with Crippen LogP contribution in [0.4, 0.5) is 0 Å². The molecule has 1 saturated carbocycles. The van der Waals surface area contributed by atoms with E-state index < -0.39 is 0 Å². The van der Waals surface area contributed by atoms with E-state index in [4.69, 9.17) is 0 Å². The molecule has 1 fully saturated rings. The molecule has 1 aliphatic carbocycles. The summed E-state index contributed by atoms with van der Waals surface area (Å²) in [6.45, 7) is 0. The molecule has 1 amide bonds. The molecule has 0 aromatic heterocycles. The highest BCUT2D eigenvalue weighted by Crippen LogP contribution is 2.23. The second-order valence-corrected chi connectivity index (χ2v) is 2.59. The fraction of sp³-hybridized carbons (Fsp3) is 0.714. The number of amides is 1. The number of rotatable bonds is 1. The molecule has 0 atom stereocenters. The molecule has 0 heterocycles. The van der Waals surface area contributed by atoms with Gasteiger partial charge in [-0.3, -0.25) is 0 Å². The highest BCUT2D eigenvalue weighted by molar-refractivity contribution is 5.68. The van der Waals surface area contributed by atoms with Gasteiger partial charge < -0.3 is 5.32 Å². The number of carbonyl (C=O) groups excluding carboxylic acids is 1. The minimum atomic E-state index is 0.243. The molecule has 0 bridgehead atoms. The molecule has 2 heteroatoms. The average Bonchev–Trinajstić information content (AvgIpc) is 2.37. The van der Waals surface area contributed by atoms with Crippen LogP contribution in [0.25, 0.3) is 0 Å². The Hall–Kier alpha value is -0.370. The first-order chi connectivity index (χ1) is 4.34. The van der Waals surface area contributed by atoms with Crippen LogP contribution in [0.5, 0.6) is 0 Å². The number of hydrogen-bond donors (Lipinski definition) is 1. The fourth-order valence-electron chi connectivity index (χ4n) is 1.38. The van der Waals surface area contributed by atoms with E-state index in [1.165, 1.54) is 18.2 Å². The quantitative estimate of drug-likeness (QED) is 0.496. The smallest absolute Gasteiger partial charge is 0.287 e. The zero-order chi connectivity index (χ0) is 6.69. The van der Waals surface area contributed by atoms with Crippen molar-refractivity contribution in [2.24, 2.45) is 5.92 Å². The van der Waals surface area contributed by atoms with Crippen LogP contribution >= 0.6 is 0 Å². The first-order valence-electron chi connectivity index (χ1n) is 3.51. The van der Waals surface area contributed by atoms with Crippen molar-refractivity contribution in [1.29, 1.82) is 0 Å². The van der Waals surface area contributed by atoms with E-state index in [-0.39, 0.29) is 5.91 Å². The van der Waals surface area contributed by atoms with Crippen molar-refractivity contribution in [3.8, 4) is 0 Å². The third-order valence-corrected chi connectivity index (χ3v) is 1.96. The van der Waals surface area contributed by atoms with Gasteiger partial charge in [-0.25, -0.2) is 4.79 Å². The van der Waals surface area contributed by atoms with Gasteiger partial charge in [0.2, 0.25) is 0 Å². The number of primary amides is 1. The SMILES string of the molecule is [CH2-][NH2+]C(=O)C1CCCC1. The Morgan fingerprint density at radius 3 is 2.44 bits per heavy atom. The first kappa shape index (κ1) is 6.75. The normalized spacial score (nSPS) is 20.6. The van der Waals surface area contributed by atoms with Gasteiger partial charge in [0.25, 0.3) is 5.91 Å². The van der Waals surface area contributed by atoms with Crippen LogP contribution < -0.4 is 5.32 Å². The Morgan fingerprint density at radius 1 is 1.44 bits per heavy atom. The lowest BCUT2D eigenvalue weighted by Crippen LogP contribution is -2.82. The zero-order valence-corrected chi connectivity index (χ0v) is 5.60. The van der Waals surface area contributed by atoms with Gasteiger partial charge in [-0.1, -0.05) is 12.8 Å². The van der Waals surface area contributed by atoms with Gasteiger partial charge >= 0.3 is 0 Å². The van der Waals surface area contributed by atoms with E-state index in [1.54, 1.807) is 0 Å². The Morgan fingerprint density at radius 2 is 2.00 bits per heavy atom. The first-order valence-corrected chi connectivity index (χ1v) is 3.51. The largest absolute Gasteiger partial charge is 0.415 e. The molecule has 0 aromatic rings. The number of hydrogen-bond acceptors (Lipinski definition) is 1. The third-order valence-electron chi connectivity index (χ3n) is 1.96. The van der Waals surface area contributed by atoms with Crippen molar-refractivity contribution < 1.29 is 10.1 Å². The van der Waals surface area contributed by atoms with Crippen LogP contribution in [0, 0.1) is 13.0 Å². The van der Waals surface area contributed by atoms with Crippen molar-refractivity contribution in [2.45, 2.75) is 25.7 Å². The maximum Gasteiger partial charge on any atom is 0.287 e. The summed E-state index contributed by atoms with van der Waals surface area (Å²) in [6.07, 6.45) is 4.63. The summed E-state index contributed by atoms with van der Waals surface area (Å²) in [5.41, 5.74) is 0. The Kier molecular flexibility index (Phi) is 2.22. The van der Waals surface area contributed by atoms with E-state index in [1.807, 2.05) is 0 Å². The highest BCUT2D eigenvalue weighted by atomic mass is 16.1. The molecule has 1 rings (SSSR count). The third kappa shape index (κ3) is 1.52. The van der Waals surface area contributed by atoms with Crippen LogP contribution in [-0.4, -0.2) is 5.91 Å². The minimum Gasteiger partial charge on any atom is -0.415 e. The van der Waals surface area contributed by atoms with Gasteiger partial charge in [-0.2, -0.15) is 0 Å². The van der Waals surface area contributed by atoms with E-state index in [0.717, 1.165) is 12.8 Å². The summed E-state index contributed by atoms with van der Waals surface area (Å²) in [7, 11) is 3.46. The summed E-state index contributed by atoms with van der Waals surface area (Å²) in [4.78, 5) is 10.9. The molecule has 0 saturated heterocycles. The van der Waals surface area contributed by atoms with Crippen molar-refractivity contribution in [3.63, 3.8) is 0 Å². The maximum atomic E-state index is 10.9. The number of carbonyl (C=O) groups is 1. The molecule has 0 unspecified atom stereocenters. The molecular formula is C7H13NO. The van der Waals surface area contributed by atoms with Gasteiger partial charge in [0.1, 0.15) is 0 Å². The average molecular weight is 127 g/mol. The second-order valence-electron chi connectivity index (χ2n) is 2.59. The predicted octanol–water partition coefficient (Wildman–Crippen LogP) is 0.0582. The van der Waals surface area contributed by atoms with Gasteiger partial charge in [0, 0.05) is 0 Å². The molecule has 0 aromatic carbocycles. The van der Waals surface area contributed by atoms with E-state index >= 15 is 0 Å². The standard InChI is InChI=1S/C7H13NO/c1-8-7(9)6-4-2-3-5-6/h6H,1-5,8H2. The molecule has 0 aliphatic heterocycles. The molecule has 9 heavy (non-hydrogen) atoms. The minimum absolute atomic E-state index is 0.243. The lowest BCUT2D eigenvalue weighted by atomic mass is 10.1. The van der Waals surface area contributed by atoms with E-state index in [2.05, 4.69) is 7.05 Å². The van der Waals surface area contributed by atoms with Crippen molar-refractivity contribution in [3.05, 3.63) is 7.05 Å². The summed E-state index contributed by atoms with van der Waals surface area (Å²) in [6, 6.07) is 0. The van der Waals surface area contributed by atoms with Crippen LogP contribution in [0.1, 0.15) is 25.7 Å². The topological polar surface area (TPSA) is 33.7 Å².